The van der Waals surface area contributed by atoms with Crippen LogP contribution in [-0.4, -0.2) is 5.25 Å². The third-order valence-corrected chi connectivity index (χ3v) is 4.16. The molecule has 0 bridgehead atoms. The Bertz CT molecular complexity index is 542. The van der Waals surface area contributed by atoms with E-state index >= 15 is 0 Å². The Morgan fingerprint density at radius 3 is 2.26 bits per heavy atom. The number of rotatable bonds is 4. The molecule has 0 spiro atoms. The minimum absolute atomic E-state index is 0.0117. The molecule has 100 valence electrons. The first-order chi connectivity index (χ1) is 9.08. The minimum Gasteiger partial charge on any atom is -0.323 e. The summed E-state index contributed by atoms with van der Waals surface area (Å²) >= 11 is 1.38. The maximum Gasteiger partial charge on any atom is 0.136 e. The smallest absolute Gasteiger partial charge is 0.136 e. The Kier molecular flexibility index (Phi) is 4.56. The van der Waals surface area contributed by atoms with Crippen LogP contribution in [0.2, 0.25) is 0 Å². The highest BCUT2D eigenvalue weighted by Gasteiger charge is 2.17. The van der Waals surface area contributed by atoms with Crippen molar-refractivity contribution in [1.82, 2.24) is 0 Å². The van der Waals surface area contributed by atoms with Gasteiger partial charge >= 0.3 is 0 Å². The van der Waals surface area contributed by atoms with Crippen LogP contribution in [0, 0.1) is 11.6 Å². The summed E-state index contributed by atoms with van der Waals surface area (Å²) in [6, 6.07) is 12.4. The lowest BCUT2D eigenvalue weighted by Gasteiger charge is -2.20. The van der Waals surface area contributed by atoms with Crippen LogP contribution in [0.15, 0.2) is 53.4 Å². The van der Waals surface area contributed by atoms with E-state index < -0.39 is 0 Å². The van der Waals surface area contributed by atoms with Crippen molar-refractivity contribution in [2.24, 2.45) is 5.73 Å². The van der Waals surface area contributed by atoms with E-state index in [9.17, 15) is 8.78 Å². The zero-order valence-corrected chi connectivity index (χ0v) is 11.3. The first kappa shape index (κ1) is 14.0. The predicted octanol–water partition coefficient (Wildman–Crippen LogP) is 4.15. The summed E-state index contributed by atoms with van der Waals surface area (Å²) in [7, 11) is 0. The van der Waals surface area contributed by atoms with Gasteiger partial charge in [-0.15, -0.1) is 11.8 Å². The Morgan fingerprint density at radius 1 is 1.00 bits per heavy atom. The van der Waals surface area contributed by atoms with Gasteiger partial charge in [0.15, 0.2) is 0 Å². The maximum atomic E-state index is 13.6. The quantitative estimate of drug-likeness (QED) is 0.851. The molecule has 0 saturated heterocycles. The number of hydrogen-bond acceptors (Lipinski definition) is 2. The first-order valence-corrected chi connectivity index (χ1v) is 6.88. The first-order valence-electron chi connectivity index (χ1n) is 6.00. The second-order valence-corrected chi connectivity index (χ2v) is 5.75. The van der Waals surface area contributed by atoms with E-state index in [1.54, 1.807) is 30.3 Å². The maximum absolute atomic E-state index is 13.6. The molecule has 2 aromatic carbocycles. The normalized spacial score (nSPS) is 14.1. The van der Waals surface area contributed by atoms with Gasteiger partial charge in [0.05, 0.1) is 0 Å². The number of nitrogens with two attached hydrogens (primary N) is 1. The van der Waals surface area contributed by atoms with Crippen LogP contribution < -0.4 is 5.73 Å². The SMILES string of the molecule is CC(Sc1ccccc1F)C(N)c1ccc(F)cc1. The van der Waals surface area contributed by atoms with Crippen LogP contribution >= 0.6 is 11.8 Å². The minimum atomic E-state index is -0.287. The van der Waals surface area contributed by atoms with Crippen LogP contribution in [0.3, 0.4) is 0 Å². The Hall–Kier alpha value is -1.39. The molecule has 0 aromatic heterocycles. The fraction of sp³-hybridized carbons (Fsp3) is 0.200. The number of benzene rings is 2. The van der Waals surface area contributed by atoms with Gasteiger partial charge in [-0.05, 0) is 29.8 Å². The Morgan fingerprint density at radius 2 is 1.63 bits per heavy atom. The van der Waals surface area contributed by atoms with E-state index in [2.05, 4.69) is 0 Å². The molecule has 0 aliphatic rings. The van der Waals surface area contributed by atoms with Gasteiger partial charge in [0.25, 0.3) is 0 Å². The van der Waals surface area contributed by atoms with E-state index in [-0.39, 0.29) is 22.9 Å². The van der Waals surface area contributed by atoms with Gasteiger partial charge in [0.1, 0.15) is 11.6 Å². The molecule has 1 nitrogen and oxygen atoms in total. The van der Waals surface area contributed by atoms with Crippen molar-refractivity contribution in [2.45, 2.75) is 23.1 Å². The third kappa shape index (κ3) is 3.55. The number of thioether (sulfide) groups is 1. The molecular weight excluding hydrogens is 264 g/mol. The Balaban J connectivity index is 2.09. The molecule has 0 amide bonds. The van der Waals surface area contributed by atoms with Gasteiger partial charge in [0, 0.05) is 16.2 Å². The lowest BCUT2D eigenvalue weighted by Crippen LogP contribution is -2.21. The molecule has 19 heavy (non-hydrogen) atoms. The topological polar surface area (TPSA) is 26.0 Å². The Labute approximate surface area is 115 Å². The third-order valence-electron chi connectivity index (χ3n) is 2.91. The van der Waals surface area contributed by atoms with Crippen molar-refractivity contribution in [3.63, 3.8) is 0 Å². The van der Waals surface area contributed by atoms with E-state index in [1.807, 2.05) is 6.92 Å². The average molecular weight is 279 g/mol. The van der Waals surface area contributed by atoms with Crippen LogP contribution in [-0.2, 0) is 0 Å². The largest absolute Gasteiger partial charge is 0.323 e. The molecule has 2 aromatic rings. The zero-order chi connectivity index (χ0) is 13.8. The predicted molar refractivity (Wildman–Crippen MR) is 75.0 cm³/mol. The summed E-state index contributed by atoms with van der Waals surface area (Å²) in [5.74, 6) is -0.531. The van der Waals surface area contributed by atoms with Crippen molar-refractivity contribution in [3.8, 4) is 0 Å². The summed E-state index contributed by atoms with van der Waals surface area (Å²) in [6.45, 7) is 1.94. The van der Waals surface area contributed by atoms with Crippen molar-refractivity contribution in [2.75, 3.05) is 0 Å². The highest BCUT2D eigenvalue weighted by molar-refractivity contribution is 8.00. The zero-order valence-electron chi connectivity index (χ0n) is 10.5. The second kappa shape index (κ2) is 6.17. The molecule has 0 aliphatic heterocycles. The number of hydrogen-bond donors (Lipinski definition) is 1. The van der Waals surface area contributed by atoms with Crippen molar-refractivity contribution in [3.05, 3.63) is 65.7 Å². The molecule has 0 fully saturated rings. The second-order valence-electron chi connectivity index (χ2n) is 4.33. The molecule has 2 unspecified atom stereocenters. The summed E-state index contributed by atoms with van der Waals surface area (Å²) in [5.41, 5.74) is 6.97. The highest BCUT2D eigenvalue weighted by Crippen LogP contribution is 2.32. The van der Waals surface area contributed by atoms with Gasteiger partial charge in [0.2, 0.25) is 0 Å². The average Bonchev–Trinajstić information content (AvgIpc) is 2.41. The summed E-state index contributed by atoms with van der Waals surface area (Å²) in [6.07, 6.45) is 0. The molecule has 2 N–H and O–H groups in total. The van der Waals surface area contributed by atoms with E-state index in [4.69, 9.17) is 5.73 Å². The fourth-order valence-corrected chi connectivity index (χ4v) is 2.81. The van der Waals surface area contributed by atoms with Gasteiger partial charge in [-0.25, -0.2) is 8.78 Å². The van der Waals surface area contributed by atoms with Crippen molar-refractivity contribution >= 4 is 11.8 Å². The lowest BCUT2D eigenvalue weighted by molar-refractivity contribution is 0.600. The van der Waals surface area contributed by atoms with Gasteiger partial charge in [-0.2, -0.15) is 0 Å². The summed E-state index contributed by atoms with van der Waals surface area (Å²) < 4.78 is 26.4. The summed E-state index contributed by atoms with van der Waals surface area (Å²) in [5, 5.41) is -0.0117. The van der Waals surface area contributed by atoms with E-state index in [1.165, 1.54) is 30.0 Å². The van der Waals surface area contributed by atoms with Crippen LogP contribution in [0.4, 0.5) is 8.78 Å². The molecule has 4 heteroatoms. The molecule has 2 rings (SSSR count). The standard InChI is InChI=1S/C15H15F2NS/c1-10(19-14-5-3-2-4-13(14)17)15(18)11-6-8-12(16)9-7-11/h2-10,15H,18H2,1H3. The molecule has 0 aliphatic carbocycles. The number of halogens is 2. The highest BCUT2D eigenvalue weighted by atomic mass is 32.2. The van der Waals surface area contributed by atoms with Gasteiger partial charge in [-0.1, -0.05) is 31.2 Å². The van der Waals surface area contributed by atoms with Crippen molar-refractivity contribution < 1.29 is 8.78 Å². The van der Waals surface area contributed by atoms with Gasteiger partial charge < -0.3 is 5.73 Å². The van der Waals surface area contributed by atoms with Crippen LogP contribution in [0.25, 0.3) is 0 Å². The lowest BCUT2D eigenvalue weighted by atomic mass is 10.1. The molecule has 0 saturated carbocycles. The molecule has 0 radical (unpaired) electrons. The van der Waals surface area contributed by atoms with Crippen LogP contribution in [0.1, 0.15) is 18.5 Å². The molecular formula is C15H15F2NS. The fourth-order valence-electron chi connectivity index (χ4n) is 1.77. The monoisotopic (exact) mass is 279 g/mol. The van der Waals surface area contributed by atoms with E-state index in [0.717, 1.165) is 5.56 Å². The molecule has 0 heterocycles. The summed E-state index contributed by atoms with van der Waals surface area (Å²) in [4.78, 5) is 0.576. The van der Waals surface area contributed by atoms with E-state index in [0.29, 0.717) is 4.90 Å². The van der Waals surface area contributed by atoms with Gasteiger partial charge in [-0.3, -0.25) is 0 Å². The molecule has 2 atom stereocenters. The van der Waals surface area contributed by atoms with Crippen LogP contribution in [0.5, 0.6) is 0 Å². The van der Waals surface area contributed by atoms with Crippen molar-refractivity contribution in [1.29, 1.82) is 0 Å².